The van der Waals surface area contributed by atoms with Gasteiger partial charge in [0.2, 0.25) is 0 Å². The van der Waals surface area contributed by atoms with E-state index in [-0.39, 0.29) is 0 Å². The number of nitrogens with zero attached hydrogens (tertiary/aromatic N) is 2. The van der Waals surface area contributed by atoms with Gasteiger partial charge in [-0.25, -0.2) is 0 Å². The highest BCUT2D eigenvalue weighted by atomic mass is 35.5. The fourth-order valence-corrected chi connectivity index (χ4v) is 4.54. The minimum atomic E-state index is 0.452. The third-order valence-electron chi connectivity index (χ3n) is 5.20. The molecule has 0 amide bonds. The average Bonchev–Trinajstić information content (AvgIpc) is 3.26. The van der Waals surface area contributed by atoms with Gasteiger partial charge in [-0.3, -0.25) is 9.89 Å². The van der Waals surface area contributed by atoms with Gasteiger partial charge in [-0.05, 0) is 30.7 Å². The predicted octanol–water partition coefficient (Wildman–Crippen LogP) is 2.33. The lowest BCUT2D eigenvalue weighted by Crippen LogP contribution is -2.53. The zero-order valence-electron chi connectivity index (χ0n) is 16.5. The first-order valence-corrected chi connectivity index (χ1v) is 11.3. The molecule has 8 heteroatoms. The van der Waals surface area contributed by atoms with E-state index >= 15 is 0 Å². The van der Waals surface area contributed by atoms with Gasteiger partial charge in [-0.1, -0.05) is 11.6 Å². The van der Waals surface area contributed by atoms with Crippen molar-refractivity contribution < 1.29 is 9.47 Å². The number of guanidine groups is 1. The van der Waals surface area contributed by atoms with Crippen LogP contribution in [0.25, 0.3) is 0 Å². The molecule has 3 rings (SSSR count). The van der Waals surface area contributed by atoms with Crippen LogP contribution in [0.15, 0.2) is 34.2 Å². The average molecular weight is 427 g/mol. The molecule has 0 saturated carbocycles. The summed E-state index contributed by atoms with van der Waals surface area (Å²) in [5, 5.41) is 7.71. The second-order valence-corrected chi connectivity index (χ2v) is 8.63. The van der Waals surface area contributed by atoms with Crippen LogP contribution in [-0.2, 0) is 9.47 Å². The van der Waals surface area contributed by atoms with Crippen LogP contribution in [0.3, 0.4) is 0 Å². The Morgan fingerprint density at radius 1 is 1.21 bits per heavy atom. The van der Waals surface area contributed by atoms with E-state index in [0.29, 0.717) is 12.0 Å². The van der Waals surface area contributed by atoms with Crippen molar-refractivity contribution in [2.75, 3.05) is 65.4 Å². The van der Waals surface area contributed by atoms with Crippen molar-refractivity contribution in [1.29, 1.82) is 0 Å². The maximum atomic E-state index is 5.93. The molecule has 156 valence electrons. The van der Waals surface area contributed by atoms with Gasteiger partial charge < -0.3 is 20.1 Å². The minimum Gasteiger partial charge on any atom is -0.381 e. The Kier molecular flexibility index (Phi) is 9.21. The van der Waals surface area contributed by atoms with E-state index in [4.69, 9.17) is 21.1 Å². The first-order chi connectivity index (χ1) is 13.8. The number of hydrogen-bond acceptors (Lipinski definition) is 5. The second-order valence-electron chi connectivity index (χ2n) is 7.02. The van der Waals surface area contributed by atoms with Crippen LogP contribution >= 0.6 is 23.4 Å². The van der Waals surface area contributed by atoms with Gasteiger partial charge in [0.15, 0.2) is 5.96 Å². The molecular weight excluding hydrogens is 396 g/mol. The molecule has 0 spiro atoms. The fraction of sp³-hybridized carbons (Fsp3) is 0.650. The van der Waals surface area contributed by atoms with Gasteiger partial charge in [0.05, 0.1) is 19.8 Å². The molecule has 0 aromatic heterocycles. The lowest BCUT2D eigenvalue weighted by Gasteiger charge is -2.37. The maximum Gasteiger partial charge on any atom is 0.191 e. The number of aliphatic imine (C=N–C) groups is 1. The third kappa shape index (κ3) is 6.81. The van der Waals surface area contributed by atoms with E-state index in [1.807, 2.05) is 19.2 Å². The van der Waals surface area contributed by atoms with E-state index in [1.165, 1.54) is 4.90 Å². The molecule has 2 atom stereocenters. The topological polar surface area (TPSA) is 58.1 Å². The zero-order valence-corrected chi connectivity index (χ0v) is 18.1. The molecule has 1 aromatic carbocycles. The quantitative estimate of drug-likeness (QED) is 0.288. The molecule has 0 aliphatic carbocycles. The minimum absolute atomic E-state index is 0.452. The van der Waals surface area contributed by atoms with Gasteiger partial charge in [-0.15, -0.1) is 11.8 Å². The Hall–Kier alpha value is -0.990. The number of thioether (sulfide) groups is 1. The summed E-state index contributed by atoms with van der Waals surface area (Å²) in [5.41, 5.74) is 0. The third-order valence-corrected chi connectivity index (χ3v) is 6.47. The number of nitrogens with one attached hydrogen (secondary N) is 2. The molecule has 6 nitrogen and oxygen atoms in total. The van der Waals surface area contributed by atoms with Crippen molar-refractivity contribution in [2.24, 2.45) is 10.9 Å². The van der Waals surface area contributed by atoms with Gasteiger partial charge in [0.25, 0.3) is 0 Å². The number of halogens is 1. The zero-order chi connectivity index (χ0) is 19.6. The van der Waals surface area contributed by atoms with Crippen molar-refractivity contribution in [3.63, 3.8) is 0 Å². The van der Waals surface area contributed by atoms with Gasteiger partial charge in [0.1, 0.15) is 0 Å². The second kappa shape index (κ2) is 11.9. The highest BCUT2D eigenvalue weighted by molar-refractivity contribution is 7.99. The first kappa shape index (κ1) is 21.7. The molecule has 2 unspecified atom stereocenters. The van der Waals surface area contributed by atoms with Crippen LogP contribution in [0.1, 0.15) is 6.42 Å². The number of morpholine rings is 1. The molecule has 2 N–H and O–H groups in total. The number of hydrogen-bond donors (Lipinski definition) is 2. The van der Waals surface area contributed by atoms with E-state index in [1.54, 1.807) is 11.8 Å². The Morgan fingerprint density at radius 2 is 2.00 bits per heavy atom. The molecule has 2 aliphatic rings. The molecule has 2 heterocycles. The van der Waals surface area contributed by atoms with Crippen molar-refractivity contribution >= 4 is 29.3 Å². The van der Waals surface area contributed by atoms with Crippen molar-refractivity contribution in [2.45, 2.75) is 17.4 Å². The Balaban J connectivity index is 1.42. The Morgan fingerprint density at radius 3 is 2.68 bits per heavy atom. The summed E-state index contributed by atoms with van der Waals surface area (Å²) >= 11 is 7.74. The molecule has 0 radical (unpaired) electrons. The molecule has 28 heavy (non-hydrogen) atoms. The van der Waals surface area contributed by atoms with Crippen LogP contribution in [0.2, 0.25) is 5.02 Å². The first-order valence-electron chi connectivity index (χ1n) is 9.98. The van der Waals surface area contributed by atoms with Gasteiger partial charge >= 0.3 is 0 Å². The molecule has 2 saturated heterocycles. The standard InChI is InChI=1S/C20H31ClN4O2S/c1-22-20(23-7-13-28-18-4-2-17(21)3-5-18)24-14-19(16-6-10-27-15-16)25-8-11-26-12-9-25/h2-5,16,19H,6-15H2,1H3,(H2,22,23,24). The SMILES string of the molecule is CN=C(NCCSc1ccc(Cl)cc1)NCC(C1CCOC1)N1CCOCC1. The fourth-order valence-electron chi connectivity index (χ4n) is 3.65. The van der Waals surface area contributed by atoms with E-state index in [2.05, 4.69) is 32.7 Å². The van der Waals surface area contributed by atoms with Gasteiger partial charge in [0, 0.05) is 67.5 Å². The Labute approximate surface area is 177 Å². The summed E-state index contributed by atoms with van der Waals surface area (Å²) in [7, 11) is 1.82. The number of rotatable bonds is 8. The van der Waals surface area contributed by atoms with E-state index in [9.17, 15) is 0 Å². The molecule has 2 fully saturated rings. The summed E-state index contributed by atoms with van der Waals surface area (Å²) in [4.78, 5) is 8.15. The van der Waals surface area contributed by atoms with Crippen LogP contribution in [0.5, 0.6) is 0 Å². The van der Waals surface area contributed by atoms with Crippen LogP contribution in [-0.4, -0.2) is 82.3 Å². The van der Waals surface area contributed by atoms with Crippen molar-refractivity contribution in [1.82, 2.24) is 15.5 Å². The van der Waals surface area contributed by atoms with Gasteiger partial charge in [-0.2, -0.15) is 0 Å². The Bertz CT molecular complexity index is 605. The molecular formula is C20H31ClN4O2S. The summed E-state index contributed by atoms with van der Waals surface area (Å²) in [6.07, 6.45) is 1.13. The number of benzene rings is 1. The van der Waals surface area contributed by atoms with E-state index in [0.717, 1.165) is 75.8 Å². The highest BCUT2D eigenvalue weighted by Crippen LogP contribution is 2.22. The lowest BCUT2D eigenvalue weighted by atomic mass is 9.97. The highest BCUT2D eigenvalue weighted by Gasteiger charge is 2.31. The largest absolute Gasteiger partial charge is 0.381 e. The molecule has 1 aromatic rings. The summed E-state index contributed by atoms with van der Waals surface area (Å²) in [6.45, 7) is 7.07. The van der Waals surface area contributed by atoms with Crippen LogP contribution in [0, 0.1) is 5.92 Å². The monoisotopic (exact) mass is 426 g/mol. The van der Waals surface area contributed by atoms with E-state index < -0.39 is 0 Å². The smallest absolute Gasteiger partial charge is 0.191 e. The lowest BCUT2D eigenvalue weighted by molar-refractivity contribution is 0.00247. The van der Waals surface area contributed by atoms with Crippen LogP contribution < -0.4 is 10.6 Å². The summed E-state index contributed by atoms with van der Waals surface area (Å²) in [5.74, 6) is 2.39. The number of ether oxygens (including phenoxy) is 2. The predicted molar refractivity (Wildman–Crippen MR) is 117 cm³/mol. The summed E-state index contributed by atoms with van der Waals surface area (Å²) in [6, 6.07) is 8.41. The van der Waals surface area contributed by atoms with Crippen molar-refractivity contribution in [3.8, 4) is 0 Å². The molecule has 2 aliphatic heterocycles. The normalized spacial score (nSPS) is 22.2. The van der Waals surface area contributed by atoms with Crippen LogP contribution in [0.4, 0.5) is 0 Å². The summed E-state index contributed by atoms with van der Waals surface area (Å²) < 4.78 is 11.2. The van der Waals surface area contributed by atoms with Crippen molar-refractivity contribution in [3.05, 3.63) is 29.3 Å². The maximum absolute atomic E-state index is 5.93. The molecule has 0 bridgehead atoms.